The predicted octanol–water partition coefficient (Wildman–Crippen LogP) is 1.71. The lowest BCUT2D eigenvalue weighted by atomic mass is 10.0. The van der Waals surface area contributed by atoms with Crippen molar-refractivity contribution in [3.8, 4) is 0 Å². The van der Waals surface area contributed by atoms with Crippen LogP contribution in [0.3, 0.4) is 0 Å². The molecule has 2 N–H and O–H groups in total. The molecule has 44 heavy (non-hydrogen) atoms. The maximum atomic E-state index is 13.3. The van der Waals surface area contributed by atoms with Gasteiger partial charge in [-0.05, 0) is 44.5 Å². The lowest BCUT2D eigenvalue weighted by molar-refractivity contribution is -0.384. The molecule has 18 heteroatoms. The van der Waals surface area contributed by atoms with Gasteiger partial charge in [0.05, 0.1) is 4.92 Å². The van der Waals surface area contributed by atoms with E-state index in [4.69, 9.17) is 14.3 Å². The van der Waals surface area contributed by atoms with Crippen molar-refractivity contribution in [1.82, 2.24) is 15.2 Å². The molecule has 232 valence electrons. The van der Waals surface area contributed by atoms with Crippen molar-refractivity contribution in [3.63, 3.8) is 0 Å². The molecule has 1 unspecified atom stereocenters. The van der Waals surface area contributed by atoms with Gasteiger partial charge in [0.2, 0.25) is 13.0 Å². The molecule has 1 saturated heterocycles. The van der Waals surface area contributed by atoms with E-state index in [1.165, 1.54) is 52.4 Å². The topological polar surface area (TPSA) is 209 Å². The monoisotopic (exact) mass is 646 g/mol. The molecule has 16 nitrogen and oxygen atoms in total. The third-order valence-electron chi connectivity index (χ3n) is 5.76. The number of nitro benzene ring substituents is 1. The summed E-state index contributed by atoms with van der Waals surface area (Å²) in [5.41, 5.74) is -0.714. The van der Waals surface area contributed by atoms with Crippen molar-refractivity contribution in [2.45, 2.75) is 44.4 Å². The molecule has 1 aromatic carbocycles. The fraction of sp³-hybridized carbons (Fsp3) is 0.346. The number of rotatable bonds is 12. The third kappa shape index (κ3) is 7.75. The van der Waals surface area contributed by atoms with Crippen LogP contribution in [0.5, 0.6) is 0 Å². The zero-order valence-corrected chi connectivity index (χ0v) is 25.1. The second-order valence-corrected chi connectivity index (χ2v) is 12.1. The zero-order valence-electron chi connectivity index (χ0n) is 23.5. The van der Waals surface area contributed by atoms with E-state index < -0.39 is 52.3 Å². The number of aromatic nitrogens is 1. The average molecular weight is 647 g/mol. The van der Waals surface area contributed by atoms with Crippen molar-refractivity contribution in [2.24, 2.45) is 5.16 Å². The summed E-state index contributed by atoms with van der Waals surface area (Å²) in [6.45, 7) is 4.23. The van der Waals surface area contributed by atoms with Crippen molar-refractivity contribution in [1.29, 1.82) is 0 Å². The van der Waals surface area contributed by atoms with E-state index in [1.54, 1.807) is 20.8 Å². The van der Waals surface area contributed by atoms with Crippen LogP contribution in [0.25, 0.3) is 0 Å². The minimum atomic E-state index is -1.04. The highest BCUT2D eigenvalue weighted by atomic mass is 32.2. The van der Waals surface area contributed by atoms with Gasteiger partial charge in [0, 0.05) is 23.3 Å². The second kappa shape index (κ2) is 13.6. The Hall–Kier alpha value is -4.84. The van der Waals surface area contributed by atoms with Gasteiger partial charge in [-0.3, -0.25) is 29.4 Å². The van der Waals surface area contributed by atoms with Gasteiger partial charge in [0.15, 0.2) is 10.8 Å². The Bertz CT molecular complexity index is 1530. The Labute approximate surface area is 257 Å². The van der Waals surface area contributed by atoms with Crippen molar-refractivity contribution < 1.29 is 43.2 Å². The summed E-state index contributed by atoms with van der Waals surface area (Å²) in [6, 6.07) is 4.44. The summed E-state index contributed by atoms with van der Waals surface area (Å²) >= 11 is 2.30. The zero-order chi connectivity index (χ0) is 32.0. The number of hydrogen-bond donors (Lipinski definition) is 2. The molecule has 2 aromatic rings. The number of ether oxygens (including phenoxy) is 2. The summed E-state index contributed by atoms with van der Waals surface area (Å²) < 4.78 is 10.5. The number of anilines is 1. The highest BCUT2D eigenvalue weighted by Gasteiger charge is 2.53. The Morgan fingerprint density at radius 1 is 1.25 bits per heavy atom. The highest BCUT2D eigenvalue weighted by molar-refractivity contribution is 8.00. The smallest absolute Gasteiger partial charge is 0.355 e. The number of oxime groups is 1. The van der Waals surface area contributed by atoms with Crippen LogP contribution in [-0.2, 0) is 44.9 Å². The Balaban J connectivity index is 1.41. The summed E-state index contributed by atoms with van der Waals surface area (Å²) in [5, 5.41) is 20.5. The number of esters is 2. The predicted molar refractivity (Wildman–Crippen MR) is 156 cm³/mol. The number of non-ortho nitro benzene ring substituents is 1. The first-order chi connectivity index (χ1) is 20.9. The maximum absolute atomic E-state index is 13.3. The number of carbonyl (C=O) groups is 5. The van der Waals surface area contributed by atoms with Crippen LogP contribution in [0.1, 0.15) is 32.0 Å². The number of β-lactam (4-membered cyclic amide) rings is 1. The molecular weight excluding hydrogens is 620 g/mol. The molecule has 0 radical (unpaired) electrons. The number of benzene rings is 1. The highest BCUT2D eigenvalue weighted by Crippen LogP contribution is 2.38. The van der Waals surface area contributed by atoms with E-state index in [-0.39, 0.29) is 34.5 Å². The number of nitrogens with zero attached hydrogens (tertiary/aromatic N) is 4. The molecule has 2 atom stereocenters. The van der Waals surface area contributed by atoms with E-state index >= 15 is 0 Å². The number of nitrogens with one attached hydrogen (secondary N) is 2. The molecule has 3 amide bonds. The molecule has 0 saturated carbocycles. The van der Waals surface area contributed by atoms with Gasteiger partial charge in [-0.25, -0.2) is 14.6 Å². The van der Waals surface area contributed by atoms with Gasteiger partial charge in [0.1, 0.15) is 35.0 Å². The third-order valence-corrected chi connectivity index (χ3v) is 7.72. The minimum Gasteiger partial charge on any atom is -0.457 e. The van der Waals surface area contributed by atoms with E-state index in [2.05, 4.69) is 20.8 Å². The number of carbonyl (C=O) groups excluding carboxylic acids is 5. The van der Waals surface area contributed by atoms with Gasteiger partial charge < -0.3 is 24.9 Å². The molecule has 2 aliphatic rings. The van der Waals surface area contributed by atoms with E-state index in [9.17, 15) is 34.1 Å². The van der Waals surface area contributed by atoms with Gasteiger partial charge in [-0.15, -0.1) is 23.1 Å². The van der Waals surface area contributed by atoms with E-state index in [0.717, 1.165) is 11.3 Å². The molecule has 0 aliphatic carbocycles. The fourth-order valence-electron chi connectivity index (χ4n) is 3.90. The van der Waals surface area contributed by atoms with E-state index in [1.807, 2.05) is 0 Å². The molecular formula is C26H26N6O10S2. The molecule has 0 spiro atoms. The van der Waals surface area contributed by atoms with Gasteiger partial charge in [-0.1, -0.05) is 5.16 Å². The van der Waals surface area contributed by atoms with E-state index in [0.29, 0.717) is 17.7 Å². The summed E-state index contributed by atoms with van der Waals surface area (Å²) in [5.74, 6) is -2.60. The van der Waals surface area contributed by atoms with Crippen LogP contribution >= 0.6 is 23.1 Å². The SMILES string of the molecule is CC(C)(C)OC(=O)CO/N=C(/C(=O)NC1C(=O)N2C(C(=O)OCc3ccc([N+](=O)[O-])cc3)=CCS[C@H]12)c1csc(NC=O)n1. The lowest BCUT2D eigenvalue weighted by Gasteiger charge is -2.48. The maximum Gasteiger partial charge on any atom is 0.355 e. The van der Waals surface area contributed by atoms with Crippen LogP contribution in [0.4, 0.5) is 10.8 Å². The fourth-order valence-corrected chi connectivity index (χ4v) is 5.75. The minimum absolute atomic E-state index is 0.00447. The van der Waals surface area contributed by atoms with Crippen molar-refractivity contribution >= 4 is 69.8 Å². The van der Waals surface area contributed by atoms with Gasteiger partial charge in [0.25, 0.3) is 17.5 Å². The van der Waals surface area contributed by atoms with Crippen molar-refractivity contribution in [2.75, 3.05) is 17.7 Å². The lowest BCUT2D eigenvalue weighted by Crippen LogP contribution is -2.70. The summed E-state index contributed by atoms with van der Waals surface area (Å²) in [6.07, 6.45) is 1.94. The molecule has 0 bridgehead atoms. The van der Waals surface area contributed by atoms with Gasteiger partial charge in [-0.2, -0.15) is 0 Å². The number of fused-ring (bicyclic) bond motifs is 1. The Morgan fingerprint density at radius 3 is 2.64 bits per heavy atom. The standard InChI is InChI=1S/C26H26N6O10S2/c1-26(2,3)42-18(34)11-41-30-19(16-12-44-25(28-16)27-13-33)21(35)29-20-22(36)31-17(8-9-43-23(20)31)24(37)40-10-14-4-6-15(7-5-14)32(38)39/h4-8,12-13,20,23H,9-11H2,1-3H3,(H,29,35)(H,27,28,33)/b30-19+/t20?,23-/m1/s1. The van der Waals surface area contributed by atoms with Crippen LogP contribution in [-0.4, -0.2) is 80.1 Å². The molecule has 1 aromatic heterocycles. The van der Waals surface area contributed by atoms with Crippen LogP contribution < -0.4 is 10.6 Å². The summed E-state index contributed by atoms with van der Waals surface area (Å²) in [4.78, 5) is 82.7. The first kappa shape index (κ1) is 32.1. The molecule has 2 aliphatic heterocycles. The number of thiazole rings is 1. The first-order valence-electron chi connectivity index (χ1n) is 12.8. The molecule has 3 heterocycles. The second-order valence-electron chi connectivity index (χ2n) is 10.1. The normalized spacial score (nSPS) is 17.8. The number of thioether (sulfide) groups is 1. The van der Waals surface area contributed by atoms with Crippen molar-refractivity contribution in [3.05, 3.63) is 62.8 Å². The van der Waals surface area contributed by atoms with Crippen LogP contribution in [0.15, 0.2) is 46.6 Å². The quantitative estimate of drug-likeness (QED) is 0.0843. The largest absolute Gasteiger partial charge is 0.457 e. The summed E-state index contributed by atoms with van der Waals surface area (Å²) in [7, 11) is 0. The van der Waals surface area contributed by atoms with Gasteiger partial charge >= 0.3 is 11.9 Å². The Morgan fingerprint density at radius 2 is 1.98 bits per heavy atom. The van der Waals surface area contributed by atoms with Crippen LogP contribution in [0, 0.1) is 10.1 Å². The first-order valence-corrected chi connectivity index (χ1v) is 14.7. The number of hydrogen-bond acceptors (Lipinski definition) is 14. The number of amides is 3. The average Bonchev–Trinajstić information content (AvgIpc) is 3.43. The molecule has 1 fully saturated rings. The van der Waals surface area contributed by atoms with Crippen LogP contribution in [0.2, 0.25) is 0 Å². The Kier molecular flexibility index (Phi) is 9.94. The number of nitro groups is 1. The molecule has 4 rings (SSSR count).